The van der Waals surface area contributed by atoms with Gasteiger partial charge < -0.3 is 10.1 Å². The number of nitrogens with one attached hydrogen (secondary N) is 2. The lowest BCUT2D eigenvalue weighted by Gasteiger charge is -2.10. The third-order valence-corrected chi connectivity index (χ3v) is 4.69. The molecular weight excluding hydrogens is 410 g/mol. The molecule has 0 saturated carbocycles. The van der Waals surface area contributed by atoms with E-state index in [1.54, 1.807) is 49.6 Å². The van der Waals surface area contributed by atoms with Crippen LogP contribution < -0.4 is 21.2 Å². The van der Waals surface area contributed by atoms with E-state index in [1.807, 2.05) is 18.2 Å². The Morgan fingerprint density at radius 1 is 0.969 bits per heavy atom. The number of H-pyrrole nitrogens is 1. The summed E-state index contributed by atoms with van der Waals surface area (Å²) in [5.74, 6) is 0.221. The second-order valence-electron chi connectivity index (χ2n) is 6.85. The minimum absolute atomic E-state index is 0.245. The Balaban J connectivity index is 1.49. The van der Waals surface area contributed by atoms with Crippen LogP contribution >= 0.6 is 0 Å². The van der Waals surface area contributed by atoms with Crippen LogP contribution in [0.25, 0.3) is 22.5 Å². The molecule has 0 aliphatic rings. The van der Waals surface area contributed by atoms with Gasteiger partial charge in [-0.3, -0.25) is 14.4 Å². The highest BCUT2D eigenvalue weighted by atomic mass is 16.5. The minimum atomic E-state index is -0.397. The number of benzene rings is 2. The van der Waals surface area contributed by atoms with Crippen molar-refractivity contribution in [2.24, 2.45) is 0 Å². The van der Waals surface area contributed by atoms with E-state index in [-0.39, 0.29) is 12.1 Å². The molecule has 0 radical (unpaired) electrons. The molecule has 2 N–H and O–H groups in total. The number of aromatic nitrogens is 4. The normalized spacial score (nSPS) is 10.5. The SMILES string of the molecule is COc1ccccc1-c1ccc(=O)n(CC(=O)Nc2ccc(-c3ccc(=O)[nH]n3)cc2)n1. The number of para-hydroxylation sites is 1. The molecule has 0 spiro atoms. The van der Waals surface area contributed by atoms with E-state index in [1.165, 1.54) is 12.1 Å². The maximum absolute atomic E-state index is 12.5. The standard InChI is InChI=1S/C23H19N5O4/c1-32-20-5-3-2-4-17(20)19-11-13-23(31)28(27-19)14-22(30)24-16-8-6-15(7-9-16)18-10-12-21(29)26-25-18/h2-13H,14H2,1H3,(H,24,30)(H,26,29). The van der Waals surface area contributed by atoms with Gasteiger partial charge in [-0.1, -0.05) is 24.3 Å². The molecule has 4 rings (SSSR count). The van der Waals surface area contributed by atoms with Gasteiger partial charge in [-0.15, -0.1) is 0 Å². The molecular formula is C23H19N5O4. The highest BCUT2D eigenvalue weighted by Gasteiger charge is 2.11. The summed E-state index contributed by atoms with van der Waals surface area (Å²) in [7, 11) is 1.56. The number of anilines is 1. The molecule has 0 unspecified atom stereocenters. The fourth-order valence-corrected chi connectivity index (χ4v) is 3.13. The summed E-state index contributed by atoms with van der Waals surface area (Å²) in [6.07, 6.45) is 0. The summed E-state index contributed by atoms with van der Waals surface area (Å²) in [6, 6.07) is 20.2. The van der Waals surface area contributed by atoms with Gasteiger partial charge in [-0.05, 0) is 36.4 Å². The van der Waals surface area contributed by atoms with Gasteiger partial charge in [0.15, 0.2) is 0 Å². The van der Waals surface area contributed by atoms with Gasteiger partial charge in [-0.2, -0.15) is 10.2 Å². The molecule has 2 aromatic carbocycles. The Morgan fingerprint density at radius 3 is 2.44 bits per heavy atom. The molecule has 1 amide bonds. The van der Waals surface area contributed by atoms with Gasteiger partial charge in [0, 0.05) is 28.9 Å². The zero-order chi connectivity index (χ0) is 22.5. The van der Waals surface area contributed by atoms with Crippen molar-refractivity contribution in [1.82, 2.24) is 20.0 Å². The minimum Gasteiger partial charge on any atom is -0.496 e. The van der Waals surface area contributed by atoms with Crippen LogP contribution in [0.5, 0.6) is 5.75 Å². The summed E-state index contributed by atoms with van der Waals surface area (Å²) in [5, 5.41) is 13.4. The largest absolute Gasteiger partial charge is 0.496 e. The molecule has 2 aromatic heterocycles. The van der Waals surface area contributed by atoms with E-state index in [4.69, 9.17) is 4.74 Å². The molecule has 160 valence electrons. The van der Waals surface area contributed by atoms with Crippen LogP contribution in [-0.2, 0) is 11.3 Å². The average molecular weight is 429 g/mol. The van der Waals surface area contributed by atoms with Crippen LogP contribution in [0.3, 0.4) is 0 Å². The van der Waals surface area contributed by atoms with E-state index in [9.17, 15) is 14.4 Å². The third-order valence-electron chi connectivity index (χ3n) is 4.69. The number of nitrogens with zero attached hydrogens (tertiary/aromatic N) is 3. The fraction of sp³-hybridized carbons (Fsp3) is 0.0870. The van der Waals surface area contributed by atoms with Gasteiger partial charge in [0.05, 0.1) is 18.5 Å². The number of amides is 1. The monoisotopic (exact) mass is 429 g/mol. The van der Waals surface area contributed by atoms with Crippen molar-refractivity contribution >= 4 is 11.6 Å². The van der Waals surface area contributed by atoms with Gasteiger partial charge in [0.1, 0.15) is 12.3 Å². The molecule has 0 aliphatic carbocycles. The number of rotatable bonds is 6. The number of hydrogen-bond acceptors (Lipinski definition) is 6. The third kappa shape index (κ3) is 4.62. The second kappa shape index (κ2) is 9.09. The fourth-order valence-electron chi connectivity index (χ4n) is 3.13. The van der Waals surface area contributed by atoms with E-state index in [2.05, 4.69) is 20.6 Å². The predicted molar refractivity (Wildman–Crippen MR) is 119 cm³/mol. The van der Waals surface area contributed by atoms with Crippen molar-refractivity contribution < 1.29 is 9.53 Å². The van der Waals surface area contributed by atoms with Crippen molar-refractivity contribution in [3.8, 4) is 28.3 Å². The summed E-state index contributed by atoms with van der Waals surface area (Å²) in [4.78, 5) is 35.9. The first kappa shape index (κ1) is 20.7. The molecule has 9 nitrogen and oxygen atoms in total. The van der Waals surface area contributed by atoms with Gasteiger partial charge in [0.2, 0.25) is 5.91 Å². The van der Waals surface area contributed by atoms with Crippen molar-refractivity contribution in [3.05, 3.63) is 93.5 Å². The van der Waals surface area contributed by atoms with E-state index in [0.717, 1.165) is 15.8 Å². The summed E-state index contributed by atoms with van der Waals surface area (Å²) < 4.78 is 6.46. The first-order valence-corrected chi connectivity index (χ1v) is 9.71. The Morgan fingerprint density at radius 2 is 1.72 bits per heavy atom. The van der Waals surface area contributed by atoms with Gasteiger partial charge in [0.25, 0.3) is 11.1 Å². The number of ether oxygens (including phenoxy) is 1. The molecule has 9 heteroatoms. The second-order valence-corrected chi connectivity index (χ2v) is 6.85. The molecule has 0 saturated heterocycles. The summed E-state index contributed by atoms with van der Waals surface area (Å²) >= 11 is 0. The quantitative estimate of drug-likeness (QED) is 0.486. The molecule has 32 heavy (non-hydrogen) atoms. The van der Waals surface area contributed by atoms with Crippen LogP contribution in [0.2, 0.25) is 0 Å². The van der Waals surface area contributed by atoms with Crippen LogP contribution in [0.15, 0.2) is 82.4 Å². The van der Waals surface area contributed by atoms with E-state index in [0.29, 0.717) is 22.8 Å². The Labute approximate surface area is 182 Å². The van der Waals surface area contributed by atoms with Crippen molar-refractivity contribution in [1.29, 1.82) is 0 Å². The Bertz CT molecular complexity index is 1360. The molecule has 0 bridgehead atoms. The lowest BCUT2D eigenvalue weighted by molar-refractivity contribution is -0.117. The van der Waals surface area contributed by atoms with E-state index < -0.39 is 11.5 Å². The molecule has 0 aliphatic heterocycles. The predicted octanol–water partition coefficient (Wildman–Crippen LogP) is 2.31. The number of hydrogen-bond donors (Lipinski definition) is 2. The Kier molecular flexibility index (Phi) is 5.89. The van der Waals surface area contributed by atoms with Gasteiger partial charge in [-0.25, -0.2) is 9.78 Å². The number of carbonyl (C=O) groups excluding carboxylic acids is 1. The highest BCUT2D eigenvalue weighted by Crippen LogP contribution is 2.27. The number of methoxy groups -OCH3 is 1. The van der Waals surface area contributed by atoms with Crippen LogP contribution in [0.4, 0.5) is 5.69 Å². The first-order chi connectivity index (χ1) is 15.5. The zero-order valence-corrected chi connectivity index (χ0v) is 17.1. The zero-order valence-electron chi connectivity index (χ0n) is 17.1. The average Bonchev–Trinajstić information content (AvgIpc) is 2.81. The van der Waals surface area contributed by atoms with Crippen molar-refractivity contribution in [2.45, 2.75) is 6.54 Å². The van der Waals surface area contributed by atoms with Crippen LogP contribution in [0.1, 0.15) is 0 Å². The van der Waals surface area contributed by atoms with Crippen molar-refractivity contribution in [3.63, 3.8) is 0 Å². The number of carbonyl (C=O) groups is 1. The van der Waals surface area contributed by atoms with Crippen LogP contribution in [0, 0.1) is 0 Å². The van der Waals surface area contributed by atoms with Crippen molar-refractivity contribution in [2.75, 3.05) is 12.4 Å². The maximum atomic E-state index is 12.5. The highest BCUT2D eigenvalue weighted by molar-refractivity contribution is 5.90. The molecule has 4 aromatic rings. The maximum Gasteiger partial charge on any atom is 0.267 e. The first-order valence-electron chi connectivity index (χ1n) is 9.71. The Hall–Kier alpha value is -4.53. The van der Waals surface area contributed by atoms with Gasteiger partial charge >= 0.3 is 0 Å². The molecule has 0 atom stereocenters. The summed E-state index contributed by atoms with van der Waals surface area (Å²) in [6.45, 7) is -0.245. The molecule has 0 fully saturated rings. The topological polar surface area (TPSA) is 119 Å². The smallest absolute Gasteiger partial charge is 0.267 e. The van der Waals surface area contributed by atoms with Crippen LogP contribution in [-0.4, -0.2) is 33.0 Å². The lowest BCUT2D eigenvalue weighted by Crippen LogP contribution is -2.29. The number of aromatic amines is 1. The lowest BCUT2D eigenvalue weighted by atomic mass is 10.1. The molecule has 2 heterocycles. The van der Waals surface area contributed by atoms with E-state index >= 15 is 0 Å². The summed E-state index contributed by atoms with van der Waals surface area (Å²) in [5.41, 5.74) is 2.50.